The fourth-order valence-corrected chi connectivity index (χ4v) is 0.640. The first-order chi connectivity index (χ1) is 5.36. The van der Waals surface area contributed by atoms with Crippen LogP contribution in [0.4, 0.5) is 5.69 Å². The highest BCUT2D eigenvalue weighted by atomic mass is 16.5. The van der Waals surface area contributed by atoms with Gasteiger partial charge in [0.1, 0.15) is 0 Å². The van der Waals surface area contributed by atoms with Crippen molar-refractivity contribution in [3.63, 3.8) is 0 Å². The molecule has 0 radical (unpaired) electrons. The summed E-state index contributed by atoms with van der Waals surface area (Å²) < 4.78 is 4.83. The number of anilines is 1. The molecule has 0 aliphatic heterocycles. The van der Waals surface area contributed by atoms with E-state index in [1.165, 1.54) is 6.20 Å². The van der Waals surface area contributed by atoms with E-state index in [9.17, 15) is 0 Å². The summed E-state index contributed by atoms with van der Waals surface area (Å²) in [5.41, 5.74) is 0.660. The molecule has 1 heterocycles. The van der Waals surface area contributed by atoms with Crippen molar-refractivity contribution in [1.29, 1.82) is 5.26 Å². The van der Waals surface area contributed by atoms with E-state index in [0.29, 0.717) is 11.6 Å². The smallest absolute Gasteiger partial charge is 0.213 e. The van der Waals surface area contributed by atoms with Crippen molar-refractivity contribution in [3.05, 3.63) is 18.3 Å². The Hall–Kier alpha value is -1.76. The van der Waals surface area contributed by atoms with Crippen LogP contribution in [0.25, 0.3) is 0 Å². The molecule has 0 unspecified atom stereocenters. The Bertz CT molecular complexity index is 262. The minimum absolute atomic E-state index is 0.536. The van der Waals surface area contributed by atoms with Crippen molar-refractivity contribution in [2.24, 2.45) is 0 Å². The molecule has 1 aromatic rings. The Kier molecular flexibility index (Phi) is 2.28. The zero-order valence-electron chi connectivity index (χ0n) is 6.03. The molecule has 0 fully saturated rings. The number of rotatable bonds is 2. The van der Waals surface area contributed by atoms with E-state index in [2.05, 4.69) is 10.3 Å². The fourth-order valence-electron chi connectivity index (χ4n) is 0.640. The number of ether oxygens (including phenoxy) is 1. The minimum atomic E-state index is 0.536. The molecule has 0 saturated carbocycles. The Morgan fingerprint density at radius 2 is 2.45 bits per heavy atom. The van der Waals surface area contributed by atoms with Crippen LogP contribution in [0.15, 0.2) is 18.3 Å². The van der Waals surface area contributed by atoms with Crippen molar-refractivity contribution < 1.29 is 4.74 Å². The lowest BCUT2D eigenvalue weighted by molar-refractivity contribution is 0.398. The highest BCUT2D eigenvalue weighted by Crippen LogP contribution is 2.09. The molecule has 1 rings (SSSR count). The third-order valence-electron chi connectivity index (χ3n) is 1.15. The van der Waals surface area contributed by atoms with Gasteiger partial charge in [0.15, 0.2) is 6.19 Å². The average Bonchev–Trinajstić information content (AvgIpc) is 2.07. The van der Waals surface area contributed by atoms with Crippen LogP contribution in [0, 0.1) is 11.5 Å². The standard InChI is InChI=1S/C7H7N3O/c1-11-7-3-2-6(4-9-7)10-5-8/h2-4,10H,1H3. The number of hydrogen-bond acceptors (Lipinski definition) is 4. The Morgan fingerprint density at radius 3 is 2.91 bits per heavy atom. The molecular formula is C7H7N3O. The molecule has 0 saturated heterocycles. The van der Waals surface area contributed by atoms with Crippen LogP contribution in [0.2, 0.25) is 0 Å². The molecule has 56 valence electrons. The Labute approximate surface area is 64.4 Å². The van der Waals surface area contributed by atoms with Crippen LogP contribution in [0.1, 0.15) is 0 Å². The average molecular weight is 149 g/mol. The number of pyridine rings is 1. The van der Waals surface area contributed by atoms with Gasteiger partial charge in [-0.25, -0.2) is 4.98 Å². The highest BCUT2D eigenvalue weighted by Gasteiger charge is 1.91. The topological polar surface area (TPSA) is 57.9 Å². The molecule has 0 aliphatic rings. The molecule has 0 aliphatic carbocycles. The molecular weight excluding hydrogens is 142 g/mol. The first kappa shape index (κ1) is 7.35. The number of hydrogen-bond donors (Lipinski definition) is 1. The predicted octanol–water partition coefficient (Wildman–Crippen LogP) is 0.983. The normalized spacial score (nSPS) is 8.36. The molecule has 1 aromatic heterocycles. The Morgan fingerprint density at radius 1 is 1.64 bits per heavy atom. The molecule has 1 N–H and O–H groups in total. The summed E-state index contributed by atoms with van der Waals surface area (Å²) in [5.74, 6) is 0.536. The van der Waals surface area contributed by atoms with Crippen LogP contribution in [0.5, 0.6) is 5.88 Å². The zero-order valence-corrected chi connectivity index (χ0v) is 6.03. The van der Waals surface area contributed by atoms with E-state index < -0.39 is 0 Å². The van der Waals surface area contributed by atoms with Gasteiger partial charge in [-0.1, -0.05) is 0 Å². The van der Waals surface area contributed by atoms with Gasteiger partial charge >= 0.3 is 0 Å². The SMILES string of the molecule is COc1ccc(NC#N)cn1. The number of methoxy groups -OCH3 is 1. The van der Waals surface area contributed by atoms with Crippen LogP contribution in [0.3, 0.4) is 0 Å². The van der Waals surface area contributed by atoms with Gasteiger partial charge in [0.05, 0.1) is 19.0 Å². The van der Waals surface area contributed by atoms with Gasteiger partial charge in [0, 0.05) is 6.07 Å². The second-order valence-electron chi connectivity index (χ2n) is 1.83. The fraction of sp³-hybridized carbons (Fsp3) is 0.143. The molecule has 0 spiro atoms. The van der Waals surface area contributed by atoms with Crippen LogP contribution < -0.4 is 10.1 Å². The summed E-state index contributed by atoms with van der Waals surface area (Å²) in [7, 11) is 1.54. The van der Waals surface area contributed by atoms with Crippen molar-refractivity contribution in [1.82, 2.24) is 4.98 Å². The van der Waals surface area contributed by atoms with Gasteiger partial charge in [-0.05, 0) is 6.07 Å². The maximum atomic E-state index is 8.23. The van der Waals surface area contributed by atoms with Crippen LogP contribution in [-0.2, 0) is 0 Å². The van der Waals surface area contributed by atoms with Gasteiger partial charge in [-0.3, -0.25) is 5.32 Å². The quantitative estimate of drug-likeness (QED) is 0.503. The molecule has 0 atom stereocenters. The second-order valence-corrected chi connectivity index (χ2v) is 1.83. The largest absolute Gasteiger partial charge is 0.481 e. The van der Waals surface area contributed by atoms with E-state index in [0.717, 1.165) is 0 Å². The lowest BCUT2D eigenvalue weighted by Gasteiger charge is -1.98. The minimum Gasteiger partial charge on any atom is -0.481 e. The first-order valence-electron chi connectivity index (χ1n) is 3.02. The molecule has 11 heavy (non-hydrogen) atoms. The monoisotopic (exact) mass is 149 g/mol. The van der Waals surface area contributed by atoms with Crippen molar-refractivity contribution >= 4 is 5.69 Å². The van der Waals surface area contributed by atoms with Gasteiger partial charge in [-0.15, -0.1) is 0 Å². The predicted molar refractivity (Wildman–Crippen MR) is 40.0 cm³/mol. The van der Waals surface area contributed by atoms with Crippen molar-refractivity contribution in [2.75, 3.05) is 12.4 Å². The molecule has 0 bridgehead atoms. The van der Waals surface area contributed by atoms with Crippen LogP contribution >= 0.6 is 0 Å². The summed E-state index contributed by atoms with van der Waals surface area (Å²) in [6.07, 6.45) is 3.32. The summed E-state index contributed by atoms with van der Waals surface area (Å²) >= 11 is 0. The molecule has 0 amide bonds. The Balaban J connectivity index is 2.76. The lowest BCUT2D eigenvalue weighted by atomic mass is 10.4. The van der Waals surface area contributed by atoms with Gasteiger partial charge in [0.25, 0.3) is 0 Å². The van der Waals surface area contributed by atoms with Gasteiger partial charge in [0.2, 0.25) is 5.88 Å². The van der Waals surface area contributed by atoms with Crippen molar-refractivity contribution in [3.8, 4) is 12.1 Å². The van der Waals surface area contributed by atoms with Crippen LogP contribution in [-0.4, -0.2) is 12.1 Å². The highest BCUT2D eigenvalue weighted by molar-refractivity contribution is 5.45. The summed E-state index contributed by atoms with van der Waals surface area (Å²) in [5, 5.41) is 10.7. The number of nitrogens with one attached hydrogen (secondary N) is 1. The number of nitrogens with zero attached hydrogens (tertiary/aromatic N) is 2. The third-order valence-corrected chi connectivity index (χ3v) is 1.15. The summed E-state index contributed by atoms with van der Waals surface area (Å²) in [6, 6.07) is 3.40. The molecule has 4 heteroatoms. The first-order valence-corrected chi connectivity index (χ1v) is 3.02. The summed E-state index contributed by atoms with van der Waals surface area (Å²) in [6.45, 7) is 0. The third kappa shape index (κ3) is 1.83. The van der Waals surface area contributed by atoms with Crippen molar-refractivity contribution in [2.45, 2.75) is 0 Å². The van der Waals surface area contributed by atoms with Gasteiger partial charge < -0.3 is 4.74 Å². The van der Waals surface area contributed by atoms with E-state index in [4.69, 9.17) is 10.00 Å². The summed E-state index contributed by atoms with van der Waals surface area (Å²) in [4.78, 5) is 3.88. The maximum Gasteiger partial charge on any atom is 0.213 e. The zero-order chi connectivity index (χ0) is 8.10. The van der Waals surface area contributed by atoms with E-state index in [-0.39, 0.29) is 0 Å². The molecule has 4 nitrogen and oxygen atoms in total. The van der Waals surface area contributed by atoms with E-state index in [1.54, 1.807) is 25.4 Å². The van der Waals surface area contributed by atoms with E-state index >= 15 is 0 Å². The van der Waals surface area contributed by atoms with Gasteiger partial charge in [-0.2, -0.15) is 5.26 Å². The number of nitriles is 1. The molecule has 0 aromatic carbocycles. The lowest BCUT2D eigenvalue weighted by Crippen LogP contribution is -1.90. The second kappa shape index (κ2) is 3.42. The van der Waals surface area contributed by atoms with E-state index in [1.807, 2.05) is 0 Å². The number of aromatic nitrogens is 1. The maximum absolute atomic E-state index is 8.23.